The number of carbonyl (C=O) groups is 1. The number of esters is 1. The van der Waals surface area contributed by atoms with Crippen LogP contribution in [0.4, 0.5) is 0 Å². The van der Waals surface area contributed by atoms with Crippen molar-refractivity contribution in [2.75, 3.05) is 0 Å². The van der Waals surface area contributed by atoms with E-state index in [9.17, 15) is 4.79 Å². The highest BCUT2D eigenvalue weighted by Crippen LogP contribution is 2.59. The van der Waals surface area contributed by atoms with Crippen LogP contribution in [0.1, 0.15) is 26.3 Å². The van der Waals surface area contributed by atoms with Crippen molar-refractivity contribution in [3.63, 3.8) is 0 Å². The number of nitriles is 1. The van der Waals surface area contributed by atoms with Crippen LogP contribution < -0.4 is 4.74 Å². The van der Waals surface area contributed by atoms with E-state index in [0.29, 0.717) is 11.3 Å². The summed E-state index contributed by atoms with van der Waals surface area (Å²) in [5, 5.41) is 8.94. The molecule has 2 atom stereocenters. The van der Waals surface area contributed by atoms with Gasteiger partial charge in [-0.1, -0.05) is 50.3 Å². The Kier molecular flexibility index (Phi) is 5.32. The molecule has 0 saturated heterocycles. The first-order valence-corrected chi connectivity index (χ1v) is 8.99. The molecule has 0 amide bonds. The van der Waals surface area contributed by atoms with Gasteiger partial charge in [-0.05, 0) is 48.1 Å². The molecule has 138 valence electrons. The molecule has 0 spiro atoms. The predicted molar refractivity (Wildman–Crippen MR) is 103 cm³/mol. The Hall–Kier alpha value is -3.06. The third-order valence-electron chi connectivity index (χ3n) is 5.03. The van der Waals surface area contributed by atoms with Gasteiger partial charge in [0, 0.05) is 5.57 Å². The second kappa shape index (κ2) is 7.67. The van der Waals surface area contributed by atoms with E-state index in [2.05, 4.69) is 6.07 Å². The van der Waals surface area contributed by atoms with Crippen LogP contribution in [0.2, 0.25) is 0 Å². The molecule has 4 nitrogen and oxygen atoms in total. The lowest BCUT2D eigenvalue weighted by Gasteiger charge is -2.09. The highest BCUT2D eigenvalue weighted by atomic mass is 16.5. The molecule has 0 heterocycles. The van der Waals surface area contributed by atoms with Gasteiger partial charge in [-0.2, -0.15) is 5.26 Å². The Balaban J connectivity index is 1.60. The number of ether oxygens (including phenoxy) is 2. The van der Waals surface area contributed by atoms with Gasteiger partial charge in [0.05, 0.1) is 12.0 Å². The SMILES string of the molecule is C/C(C#N)=C\[C@H]1[C@@H](C(=O)OCc2cccc(Oc3ccccc3)c2)C1(C)C. The van der Waals surface area contributed by atoms with Gasteiger partial charge >= 0.3 is 5.97 Å². The number of hydrogen-bond donors (Lipinski definition) is 0. The van der Waals surface area contributed by atoms with E-state index in [1.807, 2.05) is 74.5 Å². The summed E-state index contributed by atoms with van der Waals surface area (Å²) in [5.74, 6) is 1.09. The minimum atomic E-state index is -0.221. The van der Waals surface area contributed by atoms with E-state index in [1.165, 1.54) is 0 Å². The largest absolute Gasteiger partial charge is 0.461 e. The first-order chi connectivity index (χ1) is 12.9. The van der Waals surface area contributed by atoms with Crippen LogP contribution in [0.25, 0.3) is 0 Å². The lowest BCUT2D eigenvalue weighted by atomic mass is 10.1. The molecule has 0 aliphatic heterocycles. The van der Waals surface area contributed by atoms with Crippen LogP contribution in [-0.4, -0.2) is 5.97 Å². The molecule has 3 rings (SSSR count). The average Bonchev–Trinajstić information content (AvgIpc) is 3.20. The zero-order chi connectivity index (χ0) is 19.4. The van der Waals surface area contributed by atoms with Gasteiger partial charge in [0.25, 0.3) is 0 Å². The van der Waals surface area contributed by atoms with Crippen molar-refractivity contribution < 1.29 is 14.3 Å². The number of para-hydroxylation sites is 1. The molecule has 2 aromatic rings. The molecule has 0 unspecified atom stereocenters. The minimum absolute atomic E-state index is 0.0531. The van der Waals surface area contributed by atoms with Crippen LogP contribution in [0.3, 0.4) is 0 Å². The maximum atomic E-state index is 12.5. The molecule has 0 aromatic heterocycles. The van der Waals surface area contributed by atoms with Crippen LogP contribution in [-0.2, 0) is 16.1 Å². The zero-order valence-electron chi connectivity index (χ0n) is 15.8. The second-order valence-electron chi connectivity index (χ2n) is 7.46. The van der Waals surface area contributed by atoms with E-state index >= 15 is 0 Å². The molecule has 1 aliphatic rings. The van der Waals surface area contributed by atoms with Gasteiger partial charge in [-0.15, -0.1) is 0 Å². The normalized spacial score (nSPS) is 20.4. The lowest BCUT2D eigenvalue weighted by Crippen LogP contribution is -2.10. The molecule has 0 bridgehead atoms. The Labute approximate surface area is 160 Å². The number of nitrogens with zero attached hydrogens (tertiary/aromatic N) is 1. The van der Waals surface area contributed by atoms with E-state index in [0.717, 1.165) is 11.3 Å². The summed E-state index contributed by atoms with van der Waals surface area (Å²) >= 11 is 0. The van der Waals surface area contributed by atoms with Gasteiger partial charge in [0.1, 0.15) is 18.1 Å². The first-order valence-electron chi connectivity index (χ1n) is 8.99. The highest BCUT2D eigenvalue weighted by molar-refractivity contribution is 5.78. The maximum Gasteiger partial charge on any atom is 0.310 e. The molecule has 1 fully saturated rings. The molecule has 0 N–H and O–H groups in total. The van der Waals surface area contributed by atoms with Crippen molar-refractivity contribution in [3.8, 4) is 17.6 Å². The molecular formula is C23H23NO3. The summed E-state index contributed by atoms with van der Waals surface area (Å²) in [6.45, 7) is 6.01. The van der Waals surface area contributed by atoms with Gasteiger partial charge in [-0.25, -0.2) is 0 Å². The molecule has 1 aliphatic carbocycles. The van der Waals surface area contributed by atoms with Crippen LogP contribution >= 0.6 is 0 Å². The number of carbonyl (C=O) groups excluding carboxylic acids is 1. The summed E-state index contributed by atoms with van der Waals surface area (Å²) in [4.78, 5) is 12.5. The van der Waals surface area contributed by atoms with Crippen molar-refractivity contribution >= 4 is 5.97 Å². The third kappa shape index (κ3) is 4.38. The molecule has 27 heavy (non-hydrogen) atoms. The number of hydrogen-bond acceptors (Lipinski definition) is 4. The summed E-state index contributed by atoms with van der Waals surface area (Å²) in [5.41, 5.74) is 1.33. The topological polar surface area (TPSA) is 59.3 Å². The number of benzene rings is 2. The number of rotatable bonds is 6. The number of allylic oxidation sites excluding steroid dienone is 2. The minimum Gasteiger partial charge on any atom is -0.461 e. The molecule has 4 heteroatoms. The average molecular weight is 361 g/mol. The summed E-state index contributed by atoms with van der Waals surface area (Å²) in [6.07, 6.45) is 1.88. The van der Waals surface area contributed by atoms with Crippen LogP contribution in [0.5, 0.6) is 11.5 Å². The van der Waals surface area contributed by atoms with Crippen molar-refractivity contribution in [2.45, 2.75) is 27.4 Å². The summed E-state index contributed by atoms with van der Waals surface area (Å²) in [7, 11) is 0. The molecule has 2 aromatic carbocycles. The highest BCUT2D eigenvalue weighted by Gasteiger charge is 2.61. The van der Waals surface area contributed by atoms with Crippen molar-refractivity contribution in [1.29, 1.82) is 5.26 Å². The van der Waals surface area contributed by atoms with Crippen molar-refractivity contribution in [1.82, 2.24) is 0 Å². The monoisotopic (exact) mass is 361 g/mol. The Morgan fingerprint density at radius 1 is 1.15 bits per heavy atom. The quantitative estimate of drug-likeness (QED) is 0.520. The first kappa shape index (κ1) is 18.7. The van der Waals surface area contributed by atoms with Crippen LogP contribution in [0, 0.1) is 28.6 Å². The van der Waals surface area contributed by atoms with E-state index in [4.69, 9.17) is 14.7 Å². The van der Waals surface area contributed by atoms with Crippen molar-refractivity contribution in [3.05, 3.63) is 71.8 Å². The molecule has 0 radical (unpaired) electrons. The van der Waals surface area contributed by atoms with Gasteiger partial charge in [0.15, 0.2) is 0 Å². The maximum absolute atomic E-state index is 12.5. The van der Waals surface area contributed by atoms with Gasteiger partial charge < -0.3 is 9.47 Å². The fourth-order valence-electron chi connectivity index (χ4n) is 3.31. The Morgan fingerprint density at radius 2 is 1.85 bits per heavy atom. The third-order valence-corrected chi connectivity index (χ3v) is 5.03. The fourth-order valence-corrected chi connectivity index (χ4v) is 3.31. The Bertz CT molecular complexity index is 893. The predicted octanol–water partition coefficient (Wildman–Crippen LogP) is 5.26. The fraction of sp³-hybridized carbons (Fsp3) is 0.304. The summed E-state index contributed by atoms with van der Waals surface area (Å²) in [6, 6.07) is 19.2. The van der Waals surface area contributed by atoms with Gasteiger partial charge in [0.2, 0.25) is 0 Å². The molecular weight excluding hydrogens is 338 g/mol. The van der Waals surface area contributed by atoms with Gasteiger partial charge in [-0.3, -0.25) is 4.79 Å². The molecule has 1 saturated carbocycles. The standard InChI is InChI=1S/C23H23NO3/c1-16(14-24)12-20-21(23(20,2)3)22(25)26-15-17-8-7-11-19(13-17)27-18-9-5-4-6-10-18/h4-13,20-21H,15H2,1-3H3/b16-12+/t20-,21-/m0/s1. The summed E-state index contributed by atoms with van der Waals surface area (Å²) < 4.78 is 11.3. The smallest absolute Gasteiger partial charge is 0.310 e. The lowest BCUT2D eigenvalue weighted by molar-refractivity contribution is -0.147. The second-order valence-corrected chi connectivity index (χ2v) is 7.46. The Morgan fingerprint density at radius 3 is 2.56 bits per heavy atom. The van der Waals surface area contributed by atoms with Crippen LogP contribution in [0.15, 0.2) is 66.2 Å². The van der Waals surface area contributed by atoms with E-state index in [-0.39, 0.29) is 29.8 Å². The van der Waals surface area contributed by atoms with E-state index in [1.54, 1.807) is 6.92 Å². The van der Waals surface area contributed by atoms with Crippen molar-refractivity contribution in [2.24, 2.45) is 17.3 Å². The zero-order valence-corrected chi connectivity index (χ0v) is 15.8. The van der Waals surface area contributed by atoms with E-state index < -0.39 is 0 Å².